The summed E-state index contributed by atoms with van der Waals surface area (Å²) in [5, 5.41) is 1.02. The van der Waals surface area contributed by atoms with E-state index in [2.05, 4.69) is 102 Å². The van der Waals surface area contributed by atoms with Crippen molar-refractivity contribution in [1.82, 2.24) is 15.0 Å². The first kappa shape index (κ1) is 19.2. The third kappa shape index (κ3) is 3.70. The maximum absolute atomic E-state index is 5.05. The Morgan fingerprint density at radius 3 is 1.67 bits per heavy atom. The van der Waals surface area contributed by atoms with Gasteiger partial charge < -0.3 is 4.98 Å². The van der Waals surface area contributed by atoms with Crippen molar-refractivity contribution in [2.45, 2.75) is 0 Å². The van der Waals surface area contributed by atoms with E-state index in [1.54, 1.807) is 0 Å². The van der Waals surface area contributed by atoms with Gasteiger partial charge in [-0.25, -0.2) is 9.97 Å². The molecule has 0 aliphatic carbocycles. The van der Waals surface area contributed by atoms with Crippen LogP contribution < -0.4 is 0 Å². The molecule has 0 radical (unpaired) electrons. The summed E-state index contributed by atoms with van der Waals surface area (Å²) >= 11 is 0. The van der Waals surface area contributed by atoms with Crippen molar-refractivity contribution in [2.24, 2.45) is 0 Å². The Morgan fingerprint density at radius 2 is 1.00 bits per heavy atom. The van der Waals surface area contributed by atoms with Gasteiger partial charge in [0.1, 0.15) is 5.65 Å². The van der Waals surface area contributed by atoms with Crippen LogP contribution in [-0.4, -0.2) is 15.0 Å². The summed E-state index contributed by atoms with van der Waals surface area (Å²) in [7, 11) is 0. The van der Waals surface area contributed by atoms with Gasteiger partial charge in [0.25, 0.3) is 0 Å². The Labute approximate surface area is 192 Å². The lowest BCUT2D eigenvalue weighted by Crippen LogP contribution is -1.95. The van der Waals surface area contributed by atoms with Crippen LogP contribution >= 0.6 is 0 Å². The van der Waals surface area contributed by atoms with Crippen molar-refractivity contribution in [3.63, 3.8) is 0 Å². The number of nitrogens with one attached hydrogen (secondary N) is 1. The maximum atomic E-state index is 5.05. The second-order valence-corrected chi connectivity index (χ2v) is 8.03. The summed E-state index contributed by atoms with van der Waals surface area (Å²) in [6.45, 7) is 0. The lowest BCUT2D eigenvalue weighted by atomic mass is 10.00. The van der Waals surface area contributed by atoms with Crippen molar-refractivity contribution >= 4 is 11.0 Å². The fourth-order valence-electron chi connectivity index (χ4n) is 4.24. The largest absolute Gasteiger partial charge is 0.346 e. The van der Waals surface area contributed by atoms with E-state index < -0.39 is 0 Å². The minimum absolute atomic E-state index is 0.711. The molecule has 0 unspecified atom stereocenters. The van der Waals surface area contributed by atoms with E-state index in [0.717, 1.165) is 33.4 Å². The highest BCUT2D eigenvalue weighted by Gasteiger charge is 2.13. The summed E-state index contributed by atoms with van der Waals surface area (Å²) < 4.78 is 0. The van der Waals surface area contributed by atoms with Crippen LogP contribution in [0.15, 0.2) is 121 Å². The number of fused-ring (bicyclic) bond motifs is 1. The van der Waals surface area contributed by atoms with Crippen molar-refractivity contribution in [3.8, 4) is 44.9 Å². The van der Waals surface area contributed by atoms with Crippen LogP contribution in [0, 0.1) is 0 Å². The molecule has 3 heteroatoms. The van der Waals surface area contributed by atoms with Crippen molar-refractivity contribution in [2.75, 3.05) is 0 Å². The average molecular weight is 424 g/mol. The minimum Gasteiger partial charge on any atom is -0.346 e. The molecule has 6 rings (SSSR count). The number of nitrogens with zero attached hydrogens (tertiary/aromatic N) is 2. The molecular formula is C30H21N3. The zero-order chi connectivity index (χ0) is 22.0. The molecule has 0 bridgehead atoms. The van der Waals surface area contributed by atoms with Gasteiger partial charge in [0, 0.05) is 22.7 Å². The highest BCUT2D eigenvalue weighted by atomic mass is 15.0. The Morgan fingerprint density at radius 1 is 0.455 bits per heavy atom. The molecule has 1 N–H and O–H groups in total. The van der Waals surface area contributed by atoms with Gasteiger partial charge in [-0.2, -0.15) is 0 Å². The molecular weight excluding hydrogens is 402 g/mol. The number of rotatable bonds is 4. The van der Waals surface area contributed by atoms with E-state index >= 15 is 0 Å². The van der Waals surface area contributed by atoms with Crippen LogP contribution in [0.3, 0.4) is 0 Å². The Bertz CT molecular complexity index is 1550. The molecule has 2 aromatic heterocycles. The van der Waals surface area contributed by atoms with Crippen LogP contribution in [0.2, 0.25) is 0 Å². The van der Waals surface area contributed by atoms with E-state index in [1.165, 1.54) is 16.7 Å². The van der Waals surface area contributed by atoms with Gasteiger partial charge in [-0.1, -0.05) is 97.1 Å². The van der Waals surface area contributed by atoms with Crippen LogP contribution in [-0.2, 0) is 0 Å². The molecule has 0 saturated carbocycles. The molecule has 33 heavy (non-hydrogen) atoms. The van der Waals surface area contributed by atoms with Crippen LogP contribution in [0.1, 0.15) is 0 Å². The second kappa shape index (κ2) is 8.21. The predicted molar refractivity (Wildman–Crippen MR) is 136 cm³/mol. The standard InChI is InChI=1S/C30H21N3/c1-3-9-21(10-4-1)23-13-7-15-25(19-23)28-27-17-18-31-30(27)33-29(32-28)26-16-8-14-24(20-26)22-11-5-2-6-12-22/h1-20H,(H,31,32,33). The molecule has 0 fully saturated rings. The Hall–Kier alpha value is -4.50. The first-order valence-corrected chi connectivity index (χ1v) is 11.0. The van der Waals surface area contributed by atoms with E-state index in [9.17, 15) is 0 Å². The van der Waals surface area contributed by atoms with E-state index in [-0.39, 0.29) is 0 Å². The predicted octanol–water partition coefficient (Wildman–Crippen LogP) is 7.63. The third-order valence-electron chi connectivity index (χ3n) is 5.89. The average Bonchev–Trinajstić information content (AvgIpc) is 3.38. The third-order valence-corrected chi connectivity index (χ3v) is 5.89. The van der Waals surface area contributed by atoms with Crippen molar-refractivity contribution in [3.05, 3.63) is 121 Å². The van der Waals surface area contributed by atoms with Gasteiger partial charge in [0.15, 0.2) is 5.82 Å². The number of aromatic nitrogens is 3. The van der Waals surface area contributed by atoms with Crippen molar-refractivity contribution < 1.29 is 0 Å². The first-order valence-electron chi connectivity index (χ1n) is 11.0. The number of aromatic amines is 1. The lowest BCUT2D eigenvalue weighted by molar-refractivity contribution is 1.21. The zero-order valence-electron chi connectivity index (χ0n) is 17.9. The normalized spacial score (nSPS) is 11.0. The summed E-state index contributed by atoms with van der Waals surface area (Å²) in [6.07, 6.45) is 1.92. The fourth-order valence-corrected chi connectivity index (χ4v) is 4.24. The van der Waals surface area contributed by atoms with Crippen LogP contribution in [0.4, 0.5) is 0 Å². The monoisotopic (exact) mass is 423 g/mol. The molecule has 0 aliphatic heterocycles. The first-order chi connectivity index (χ1) is 16.3. The summed E-state index contributed by atoms with van der Waals surface area (Å²) in [5.74, 6) is 0.711. The Balaban J connectivity index is 1.49. The van der Waals surface area contributed by atoms with Crippen LogP contribution in [0.25, 0.3) is 55.9 Å². The highest BCUT2D eigenvalue weighted by molar-refractivity contribution is 5.93. The molecule has 0 saturated heterocycles. The molecule has 0 aliphatic rings. The van der Waals surface area contributed by atoms with E-state index in [4.69, 9.17) is 9.97 Å². The highest BCUT2D eigenvalue weighted by Crippen LogP contribution is 2.32. The molecule has 6 aromatic rings. The zero-order valence-corrected chi connectivity index (χ0v) is 17.9. The lowest BCUT2D eigenvalue weighted by Gasteiger charge is -2.10. The SMILES string of the molecule is c1ccc(-c2cccc(-c3nc(-c4cccc(-c5ccccc5)c4)c4cc[nH]c4n3)c2)cc1. The fraction of sp³-hybridized carbons (Fsp3) is 0. The summed E-state index contributed by atoms with van der Waals surface area (Å²) in [5.41, 5.74) is 8.52. The van der Waals surface area contributed by atoms with Gasteiger partial charge in [-0.3, -0.25) is 0 Å². The van der Waals surface area contributed by atoms with Gasteiger partial charge >= 0.3 is 0 Å². The van der Waals surface area contributed by atoms with Crippen molar-refractivity contribution in [1.29, 1.82) is 0 Å². The maximum Gasteiger partial charge on any atom is 0.162 e. The second-order valence-electron chi connectivity index (χ2n) is 8.03. The summed E-state index contributed by atoms with van der Waals surface area (Å²) in [6, 6.07) is 39.8. The van der Waals surface area contributed by atoms with E-state index in [0.29, 0.717) is 5.82 Å². The number of H-pyrrole nitrogens is 1. The quantitative estimate of drug-likeness (QED) is 0.317. The Kier molecular flexibility index (Phi) is 4.78. The molecule has 2 heterocycles. The van der Waals surface area contributed by atoms with Gasteiger partial charge in [0.05, 0.1) is 5.69 Å². The van der Waals surface area contributed by atoms with Gasteiger partial charge in [-0.05, 0) is 40.5 Å². The van der Waals surface area contributed by atoms with E-state index in [1.807, 2.05) is 24.4 Å². The molecule has 156 valence electrons. The number of benzene rings is 4. The molecule has 0 atom stereocenters. The molecule has 0 amide bonds. The summed E-state index contributed by atoms with van der Waals surface area (Å²) in [4.78, 5) is 13.2. The molecule has 3 nitrogen and oxygen atoms in total. The molecule has 4 aromatic carbocycles. The number of hydrogen-bond donors (Lipinski definition) is 1. The van der Waals surface area contributed by atoms with Gasteiger partial charge in [-0.15, -0.1) is 0 Å². The van der Waals surface area contributed by atoms with Gasteiger partial charge in [0.2, 0.25) is 0 Å². The topological polar surface area (TPSA) is 41.6 Å². The molecule has 0 spiro atoms. The minimum atomic E-state index is 0.711. The number of hydrogen-bond acceptors (Lipinski definition) is 2. The smallest absolute Gasteiger partial charge is 0.162 e. The van der Waals surface area contributed by atoms with Crippen LogP contribution in [0.5, 0.6) is 0 Å².